The summed E-state index contributed by atoms with van der Waals surface area (Å²) in [5.41, 5.74) is 9.46. The maximum absolute atomic E-state index is 9.25. The molecule has 2 aromatic carbocycles. The Morgan fingerprint density at radius 1 is 1.15 bits per heavy atom. The van der Waals surface area contributed by atoms with Gasteiger partial charge in [0.05, 0.1) is 11.3 Å². The Kier molecular flexibility index (Phi) is 4.62. The molecule has 2 aromatic rings. The number of hydrogen-bond donors (Lipinski definition) is 1. The molecule has 0 fully saturated rings. The van der Waals surface area contributed by atoms with Crippen LogP contribution in [0.2, 0.25) is 0 Å². The predicted molar refractivity (Wildman–Crippen MR) is 83.4 cm³/mol. The fourth-order valence-electron chi connectivity index (χ4n) is 2.31. The molecule has 0 aromatic heterocycles. The smallest absolute Gasteiger partial charge is 0.101 e. The summed E-state index contributed by atoms with van der Waals surface area (Å²) < 4.78 is 0. The number of hydrogen-bond acceptors (Lipinski definition) is 3. The first-order valence-electron chi connectivity index (χ1n) is 6.83. The molecule has 0 amide bonds. The van der Waals surface area contributed by atoms with Crippen molar-refractivity contribution in [2.45, 2.75) is 19.9 Å². The number of para-hydroxylation sites is 1. The summed E-state index contributed by atoms with van der Waals surface area (Å²) in [6.45, 7) is 3.81. The summed E-state index contributed by atoms with van der Waals surface area (Å²) in [7, 11) is 0. The van der Waals surface area contributed by atoms with E-state index < -0.39 is 0 Å². The molecule has 2 N–H and O–H groups in total. The fraction of sp³-hybridized carbons (Fsp3) is 0.235. The lowest BCUT2D eigenvalue weighted by molar-refractivity contribution is 0.766. The second kappa shape index (κ2) is 6.63. The second-order valence-corrected chi connectivity index (χ2v) is 4.80. The highest BCUT2D eigenvalue weighted by Gasteiger charge is 2.10. The molecule has 0 bridgehead atoms. The van der Waals surface area contributed by atoms with E-state index in [0.29, 0.717) is 5.56 Å². The van der Waals surface area contributed by atoms with Crippen LogP contribution in [0.25, 0.3) is 0 Å². The van der Waals surface area contributed by atoms with Crippen LogP contribution < -0.4 is 10.6 Å². The second-order valence-electron chi connectivity index (χ2n) is 4.80. The van der Waals surface area contributed by atoms with Gasteiger partial charge in [-0.2, -0.15) is 5.26 Å². The highest BCUT2D eigenvalue weighted by atomic mass is 15.1. The third-order valence-corrected chi connectivity index (χ3v) is 3.18. The van der Waals surface area contributed by atoms with E-state index in [2.05, 4.69) is 24.0 Å². The Hall–Kier alpha value is -2.47. The zero-order valence-corrected chi connectivity index (χ0v) is 11.7. The number of benzene rings is 2. The molecule has 2 rings (SSSR count). The summed E-state index contributed by atoms with van der Waals surface area (Å²) in [4.78, 5) is 2.23. The summed E-state index contributed by atoms with van der Waals surface area (Å²) in [6.07, 6.45) is 1.03. The van der Waals surface area contributed by atoms with Gasteiger partial charge in [0.15, 0.2) is 0 Å². The molecule has 0 atom stereocenters. The van der Waals surface area contributed by atoms with E-state index in [9.17, 15) is 5.26 Å². The molecule has 0 aliphatic rings. The summed E-state index contributed by atoms with van der Waals surface area (Å²) in [5, 5.41) is 9.25. The van der Waals surface area contributed by atoms with E-state index in [-0.39, 0.29) is 0 Å². The minimum atomic E-state index is 0.713. The van der Waals surface area contributed by atoms with Crippen molar-refractivity contribution in [2.24, 2.45) is 0 Å². The van der Waals surface area contributed by atoms with Crippen LogP contribution >= 0.6 is 0 Å². The lowest BCUT2D eigenvalue weighted by atomic mass is 10.1. The number of nitrogens with zero attached hydrogens (tertiary/aromatic N) is 2. The van der Waals surface area contributed by atoms with Crippen LogP contribution in [0.15, 0.2) is 48.5 Å². The molecule has 0 radical (unpaired) electrons. The van der Waals surface area contributed by atoms with Gasteiger partial charge in [-0.1, -0.05) is 31.2 Å². The molecular weight excluding hydrogens is 246 g/mol. The first-order chi connectivity index (χ1) is 9.74. The normalized spacial score (nSPS) is 10.0. The van der Waals surface area contributed by atoms with Gasteiger partial charge in [0.1, 0.15) is 6.07 Å². The minimum Gasteiger partial charge on any atom is -0.399 e. The Labute approximate surface area is 120 Å². The topological polar surface area (TPSA) is 53.0 Å². The van der Waals surface area contributed by atoms with Crippen LogP contribution in [0.1, 0.15) is 24.5 Å². The van der Waals surface area contributed by atoms with E-state index in [1.165, 1.54) is 0 Å². The number of nitrogen functional groups attached to an aromatic ring is 1. The summed E-state index contributed by atoms with van der Waals surface area (Å²) in [5.74, 6) is 0. The summed E-state index contributed by atoms with van der Waals surface area (Å²) >= 11 is 0. The third kappa shape index (κ3) is 3.30. The molecule has 0 saturated heterocycles. The van der Waals surface area contributed by atoms with Gasteiger partial charge in [-0.15, -0.1) is 0 Å². The first-order valence-corrected chi connectivity index (χ1v) is 6.83. The maximum Gasteiger partial charge on any atom is 0.101 e. The number of nitrogens with two attached hydrogens (primary N) is 1. The van der Waals surface area contributed by atoms with E-state index in [0.717, 1.165) is 36.4 Å². The molecule has 0 unspecified atom stereocenters. The first kappa shape index (κ1) is 14.0. The van der Waals surface area contributed by atoms with Crippen molar-refractivity contribution in [1.82, 2.24) is 0 Å². The third-order valence-electron chi connectivity index (χ3n) is 3.18. The highest BCUT2D eigenvalue weighted by Crippen LogP contribution is 2.22. The lowest BCUT2D eigenvalue weighted by Crippen LogP contribution is -2.24. The lowest BCUT2D eigenvalue weighted by Gasteiger charge is -2.25. The molecule has 0 aliphatic carbocycles. The van der Waals surface area contributed by atoms with Crippen LogP contribution in [0, 0.1) is 11.3 Å². The van der Waals surface area contributed by atoms with Gasteiger partial charge in [-0.25, -0.2) is 0 Å². The average molecular weight is 265 g/mol. The van der Waals surface area contributed by atoms with E-state index >= 15 is 0 Å². The number of nitriles is 1. The van der Waals surface area contributed by atoms with Crippen LogP contribution in [0.5, 0.6) is 0 Å². The Balaban J connectivity index is 2.29. The largest absolute Gasteiger partial charge is 0.399 e. The molecular formula is C17H19N3. The number of rotatable bonds is 5. The highest BCUT2D eigenvalue weighted by molar-refractivity contribution is 5.59. The monoisotopic (exact) mass is 265 g/mol. The van der Waals surface area contributed by atoms with Crippen LogP contribution in [-0.4, -0.2) is 6.54 Å². The Morgan fingerprint density at radius 3 is 2.65 bits per heavy atom. The molecule has 3 heteroatoms. The average Bonchev–Trinajstić information content (AvgIpc) is 2.47. The van der Waals surface area contributed by atoms with E-state index in [1.807, 2.05) is 42.5 Å². The van der Waals surface area contributed by atoms with Crippen molar-refractivity contribution in [3.8, 4) is 6.07 Å². The SMILES string of the molecule is CCCN(Cc1cccc(N)c1)c1ccccc1C#N. The summed E-state index contributed by atoms with van der Waals surface area (Å²) in [6, 6.07) is 17.9. The minimum absolute atomic E-state index is 0.713. The maximum atomic E-state index is 9.25. The van der Waals surface area contributed by atoms with Crippen LogP contribution in [0.3, 0.4) is 0 Å². The van der Waals surface area contributed by atoms with Crippen molar-refractivity contribution < 1.29 is 0 Å². The van der Waals surface area contributed by atoms with Gasteiger partial charge in [-0.3, -0.25) is 0 Å². The molecule has 0 saturated carbocycles. The van der Waals surface area contributed by atoms with Gasteiger partial charge in [0.2, 0.25) is 0 Å². The van der Waals surface area contributed by atoms with E-state index in [4.69, 9.17) is 5.73 Å². The molecule has 3 nitrogen and oxygen atoms in total. The van der Waals surface area contributed by atoms with Crippen molar-refractivity contribution in [3.63, 3.8) is 0 Å². The Bertz CT molecular complexity index is 614. The molecule has 102 valence electrons. The quantitative estimate of drug-likeness (QED) is 0.841. The van der Waals surface area contributed by atoms with Crippen molar-refractivity contribution in [3.05, 3.63) is 59.7 Å². The standard InChI is InChI=1S/C17H19N3/c1-2-10-20(13-14-6-5-8-16(19)11-14)17-9-4-3-7-15(17)12-18/h3-9,11H,2,10,13,19H2,1H3. The predicted octanol–water partition coefficient (Wildman–Crippen LogP) is 3.56. The fourth-order valence-corrected chi connectivity index (χ4v) is 2.31. The van der Waals surface area contributed by atoms with E-state index in [1.54, 1.807) is 0 Å². The van der Waals surface area contributed by atoms with Crippen LogP contribution in [0.4, 0.5) is 11.4 Å². The zero-order chi connectivity index (χ0) is 14.4. The molecule has 0 aliphatic heterocycles. The Morgan fingerprint density at radius 2 is 1.95 bits per heavy atom. The van der Waals surface area contributed by atoms with Gasteiger partial charge < -0.3 is 10.6 Å². The van der Waals surface area contributed by atoms with Gasteiger partial charge >= 0.3 is 0 Å². The van der Waals surface area contributed by atoms with Crippen LogP contribution in [-0.2, 0) is 6.54 Å². The van der Waals surface area contributed by atoms with Crippen molar-refractivity contribution in [1.29, 1.82) is 5.26 Å². The zero-order valence-electron chi connectivity index (χ0n) is 11.7. The molecule has 20 heavy (non-hydrogen) atoms. The number of anilines is 2. The molecule has 0 heterocycles. The van der Waals surface area contributed by atoms with Gasteiger partial charge in [-0.05, 0) is 36.2 Å². The van der Waals surface area contributed by atoms with Gasteiger partial charge in [0, 0.05) is 18.8 Å². The van der Waals surface area contributed by atoms with Crippen molar-refractivity contribution >= 4 is 11.4 Å². The van der Waals surface area contributed by atoms with Crippen molar-refractivity contribution in [2.75, 3.05) is 17.2 Å². The van der Waals surface area contributed by atoms with Gasteiger partial charge in [0.25, 0.3) is 0 Å². The molecule has 0 spiro atoms.